The number of thioether (sulfide) groups is 1. The fraction of sp³-hybridized carbons (Fsp3) is 0.240. The first-order valence-corrected chi connectivity index (χ1v) is 11.4. The maximum absolute atomic E-state index is 11.1. The number of hydrogen-bond acceptors (Lipinski definition) is 6. The van der Waals surface area contributed by atoms with Crippen LogP contribution in [0.15, 0.2) is 77.9 Å². The highest BCUT2D eigenvalue weighted by atomic mass is 32.2. The van der Waals surface area contributed by atoms with E-state index >= 15 is 0 Å². The van der Waals surface area contributed by atoms with Gasteiger partial charge in [-0.3, -0.25) is 9.98 Å². The third kappa shape index (κ3) is 3.96. The molecule has 3 aromatic rings. The Kier molecular flexibility index (Phi) is 5.57. The summed E-state index contributed by atoms with van der Waals surface area (Å²) in [5, 5.41) is 10.7. The molecule has 5 rings (SSSR count). The van der Waals surface area contributed by atoms with Crippen LogP contribution in [-0.4, -0.2) is 37.9 Å². The molecule has 1 fully saturated rings. The Hall–Kier alpha value is -3.32. The minimum atomic E-state index is -0.932. The summed E-state index contributed by atoms with van der Waals surface area (Å²) in [6, 6.07) is 20.8. The van der Waals surface area contributed by atoms with Gasteiger partial charge in [0, 0.05) is 23.6 Å². The highest BCUT2D eigenvalue weighted by Gasteiger charge is 2.44. The van der Waals surface area contributed by atoms with E-state index in [0.29, 0.717) is 11.9 Å². The largest absolute Gasteiger partial charge is 0.489 e. The number of pyridine rings is 1. The second-order valence-corrected chi connectivity index (χ2v) is 9.37. The van der Waals surface area contributed by atoms with Gasteiger partial charge in [0.1, 0.15) is 18.4 Å². The van der Waals surface area contributed by atoms with E-state index in [4.69, 9.17) is 14.8 Å². The number of hydrogen-bond donors (Lipinski definition) is 1. The highest BCUT2D eigenvalue weighted by Crippen LogP contribution is 2.49. The molecule has 1 N–H and O–H groups in total. The summed E-state index contributed by atoms with van der Waals surface area (Å²) in [7, 11) is 0. The number of aromatic carboxylic acids is 1. The molecule has 6 nitrogen and oxygen atoms in total. The van der Waals surface area contributed by atoms with Gasteiger partial charge in [0.2, 0.25) is 0 Å². The molecule has 3 atom stereocenters. The molecule has 32 heavy (non-hydrogen) atoms. The van der Waals surface area contributed by atoms with Crippen LogP contribution in [-0.2, 0) is 6.61 Å². The van der Waals surface area contributed by atoms with Crippen LogP contribution in [0.25, 0.3) is 0 Å². The van der Waals surface area contributed by atoms with Crippen molar-refractivity contribution in [1.82, 2.24) is 9.88 Å². The van der Waals surface area contributed by atoms with Crippen LogP contribution in [0.2, 0.25) is 0 Å². The van der Waals surface area contributed by atoms with Crippen molar-refractivity contribution >= 4 is 22.9 Å². The predicted octanol–water partition coefficient (Wildman–Crippen LogP) is 4.95. The van der Waals surface area contributed by atoms with Crippen molar-refractivity contribution < 1.29 is 14.6 Å². The molecule has 0 amide bonds. The zero-order valence-corrected chi connectivity index (χ0v) is 18.4. The lowest BCUT2D eigenvalue weighted by Crippen LogP contribution is -2.29. The van der Waals surface area contributed by atoms with Gasteiger partial charge in [-0.15, -0.1) is 0 Å². The molecule has 0 radical (unpaired) electrons. The van der Waals surface area contributed by atoms with E-state index in [1.54, 1.807) is 24.3 Å². The first-order valence-electron chi connectivity index (χ1n) is 10.6. The van der Waals surface area contributed by atoms with Crippen LogP contribution in [0.3, 0.4) is 0 Å². The topological polar surface area (TPSA) is 75.0 Å². The summed E-state index contributed by atoms with van der Waals surface area (Å²) in [6.07, 6.45) is 1.81. The Bertz CT molecular complexity index is 1150. The normalized spacial score (nSPS) is 21.8. The van der Waals surface area contributed by atoms with Gasteiger partial charge in [-0.25, -0.2) is 4.79 Å². The zero-order chi connectivity index (χ0) is 22.1. The summed E-state index contributed by atoms with van der Waals surface area (Å²) in [4.78, 5) is 23.1. The average Bonchev–Trinajstić information content (AvgIpc) is 3.34. The number of ether oxygens (including phenoxy) is 1. The van der Waals surface area contributed by atoms with E-state index in [1.165, 1.54) is 0 Å². The van der Waals surface area contributed by atoms with Gasteiger partial charge in [-0.05, 0) is 35.9 Å². The van der Waals surface area contributed by atoms with Crippen LogP contribution in [0, 0.1) is 0 Å². The minimum absolute atomic E-state index is 0.0166. The molecule has 0 bridgehead atoms. The molecule has 2 aromatic carbocycles. The SMILES string of the molecule is C[C@H]1CN2C(=N[C@@H](c3ccccn3)[C@@H]2c2ccccc2OCc2ccc(C(=O)O)cc2)S1. The quantitative estimate of drug-likeness (QED) is 0.579. The lowest BCUT2D eigenvalue weighted by molar-refractivity contribution is 0.0697. The van der Waals surface area contributed by atoms with E-state index in [9.17, 15) is 4.79 Å². The van der Waals surface area contributed by atoms with Crippen molar-refractivity contribution in [2.45, 2.75) is 30.9 Å². The van der Waals surface area contributed by atoms with E-state index in [0.717, 1.165) is 34.3 Å². The molecular formula is C25H23N3O3S. The molecule has 162 valence electrons. The fourth-order valence-electron chi connectivity index (χ4n) is 4.21. The monoisotopic (exact) mass is 445 g/mol. The molecule has 3 heterocycles. The molecular weight excluding hydrogens is 422 g/mol. The van der Waals surface area contributed by atoms with Crippen LogP contribution in [0.4, 0.5) is 0 Å². The maximum Gasteiger partial charge on any atom is 0.335 e. The van der Waals surface area contributed by atoms with E-state index in [2.05, 4.69) is 22.9 Å². The molecule has 0 saturated carbocycles. The van der Waals surface area contributed by atoms with Crippen molar-refractivity contribution in [3.05, 3.63) is 95.3 Å². The summed E-state index contributed by atoms with van der Waals surface area (Å²) in [5.41, 5.74) is 3.22. The molecule has 2 aliphatic rings. The number of amidine groups is 1. The minimum Gasteiger partial charge on any atom is -0.489 e. The van der Waals surface area contributed by atoms with Crippen molar-refractivity contribution in [2.75, 3.05) is 6.54 Å². The van der Waals surface area contributed by atoms with Crippen LogP contribution in [0.5, 0.6) is 5.75 Å². The third-order valence-electron chi connectivity index (χ3n) is 5.71. The summed E-state index contributed by atoms with van der Waals surface area (Å²) < 4.78 is 6.24. The smallest absolute Gasteiger partial charge is 0.335 e. The summed E-state index contributed by atoms with van der Waals surface area (Å²) >= 11 is 1.81. The van der Waals surface area contributed by atoms with Crippen molar-refractivity contribution in [3.8, 4) is 5.75 Å². The lowest BCUT2D eigenvalue weighted by atomic mass is 9.95. The number of nitrogens with zero attached hydrogens (tertiary/aromatic N) is 3. The molecule has 0 spiro atoms. The van der Waals surface area contributed by atoms with E-state index < -0.39 is 5.97 Å². The van der Waals surface area contributed by atoms with E-state index in [-0.39, 0.29) is 17.6 Å². The second kappa shape index (κ2) is 8.67. The van der Waals surface area contributed by atoms with Gasteiger partial charge >= 0.3 is 5.97 Å². The van der Waals surface area contributed by atoms with Crippen molar-refractivity contribution in [3.63, 3.8) is 0 Å². The zero-order valence-electron chi connectivity index (χ0n) is 17.6. The van der Waals surface area contributed by atoms with Gasteiger partial charge in [-0.1, -0.05) is 55.1 Å². The molecule has 2 aliphatic heterocycles. The van der Waals surface area contributed by atoms with Crippen molar-refractivity contribution in [1.29, 1.82) is 0 Å². The van der Waals surface area contributed by atoms with Crippen LogP contribution >= 0.6 is 11.8 Å². The molecule has 0 aliphatic carbocycles. The maximum atomic E-state index is 11.1. The number of aliphatic imine (C=N–C) groups is 1. The fourth-order valence-corrected chi connectivity index (χ4v) is 5.31. The van der Waals surface area contributed by atoms with Crippen LogP contribution < -0.4 is 4.74 Å². The van der Waals surface area contributed by atoms with Crippen LogP contribution in [0.1, 0.15) is 46.2 Å². The van der Waals surface area contributed by atoms with Crippen molar-refractivity contribution in [2.24, 2.45) is 4.99 Å². The number of para-hydroxylation sites is 1. The lowest BCUT2D eigenvalue weighted by Gasteiger charge is -2.28. The number of aromatic nitrogens is 1. The Morgan fingerprint density at radius 1 is 1.12 bits per heavy atom. The summed E-state index contributed by atoms with van der Waals surface area (Å²) in [6.45, 7) is 3.51. The Morgan fingerprint density at radius 3 is 2.66 bits per heavy atom. The first-order chi connectivity index (χ1) is 15.6. The predicted molar refractivity (Wildman–Crippen MR) is 125 cm³/mol. The Morgan fingerprint density at radius 2 is 1.91 bits per heavy atom. The number of carboxylic acid groups (broad SMARTS) is 1. The van der Waals surface area contributed by atoms with Gasteiger partial charge in [0.15, 0.2) is 5.17 Å². The standard InChI is InChI=1S/C25H23N3O3S/c1-16-14-28-23(22(27-25(28)32-16)20-7-4-5-13-26-20)19-6-2-3-8-21(19)31-15-17-9-11-18(12-10-17)24(29)30/h2-13,16,22-23H,14-15H2,1H3,(H,29,30)/t16-,22-,23-/m0/s1. The van der Waals surface area contributed by atoms with Gasteiger partial charge in [0.25, 0.3) is 0 Å². The number of carbonyl (C=O) groups is 1. The van der Waals surface area contributed by atoms with Gasteiger partial charge in [0.05, 0.1) is 17.3 Å². The number of fused-ring (bicyclic) bond motifs is 1. The number of rotatable bonds is 6. The molecule has 7 heteroatoms. The third-order valence-corrected chi connectivity index (χ3v) is 6.82. The van der Waals surface area contributed by atoms with E-state index in [1.807, 2.05) is 54.4 Å². The van der Waals surface area contributed by atoms with Gasteiger partial charge < -0.3 is 14.7 Å². The Labute approximate surface area is 191 Å². The highest BCUT2D eigenvalue weighted by molar-refractivity contribution is 8.14. The second-order valence-electron chi connectivity index (χ2n) is 7.97. The summed E-state index contributed by atoms with van der Waals surface area (Å²) in [5.74, 6) is -0.125. The van der Waals surface area contributed by atoms with Gasteiger partial charge in [-0.2, -0.15) is 0 Å². The Balaban J connectivity index is 1.44. The average molecular weight is 446 g/mol. The molecule has 0 unspecified atom stereocenters. The number of carboxylic acids is 1. The number of benzene rings is 2. The molecule has 1 aromatic heterocycles. The molecule has 1 saturated heterocycles. The first kappa shape index (κ1) is 20.6.